The molecule has 0 atom stereocenters. The molecule has 4 rings (SSSR count). The Morgan fingerprint density at radius 3 is 2.77 bits per heavy atom. The number of pyridine rings is 1. The zero-order chi connectivity index (χ0) is 15.4. The second kappa shape index (κ2) is 4.44. The van der Waals surface area contributed by atoms with E-state index < -0.39 is 0 Å². The van der Waals surface area contributed by atoms with Crippen LogP contribution in [-0.2, 0) is 11.2 Å². The van der Waals surface area contributed by atoms with E-state index in [2.05, 4.69) is 41.1 Å². The molecule has 1 aliphatic rings. The fourth-order valence-electron chi connectivity index (χ4n) is 3.27. The molecule has 1 aromatic carbocycles. The van der Waals surface area contributed by atoms with E-state index in [0.717, 1.165) is 44.9 Å². The topological polar surface area (TPSA) is 46.9 Å². The summed E-state index contributed by atoms with van der Waals surface area (Å²) in [5.74, 6) is 0.0679. The molecule has 0 saturated heterocycles. The van der Waals surface area contributed by atoms with E-state index in [1.165, 1.54) is 0 Å². The molecule has 3 heterocycles. The zero-order valence-electron chi connectivity index (χ0n) is 12.9. The Kier molecular flexibility index (Phi) is 2.64. The van der Waals surface area contributed by atoms with Crippen LogP contribution in [0.5, 0.6) is 0 Å². The van der Waals surface area contributed by atoms with Crippen molar-refractivity contribution in [1.82, 2.24) is 9.55 Å². The quantitative estimate of drug-likeness (QED) is 0.746. The lowest BCUT2D eigenvalue weighted by Crippen LogP contribution is -2.04. The van der Waals surface area contributed by atoms with Gasteiger partial charge in [0.2, 0.25) is 5.91 Å². The SMILES string of the molecule is Cc1ccc2cc(C)n(-c3cc(C)c4c(c3)CC(=O)N4)c2n1. The van der Waals surface area contributed by atoms with Crippen LogP contribution in [0.2, 0.25) is 0 Å². The summed E-state index contributed by atoms with van der Waals surface area (Å²) < 4.78 is 2.17. The summed E-state index contributed by atoms with van der Waals surface area (Å²) >= 11 is 0. The van der Waals surface area contributed by atoms with Gasteiger partial charge in [-0.3, -0.25) is 9.36 Å². The Morgan fingerprint density at radius 2 is 1.95 bits per heavy atom. The van der Waals surface area contributed by atoms with Gasteiger partial charge >= 0.3 is 0 Å². The monoisotopic (exact) mass is 291 g/mol. The number of rotatable bonds is 1. The first-order valence-electron chi connectivity index (χ1n) is 7.42. The lowest BCUT2D eigenvalue weighted by atomic mass is 10.1. The number of nitrogens with one attached hydrogen (secondary N) is 1. The summed E-state index contributed by atoms with van der Waals surface area (Å²) in [5, 5.41) is 4.07. The Hall–Kier alpha value is -2.62. The van der Waals surface area contributed by atoms with E-state index in [1.807, 2.05) is 19.9 Å². The molecule has 0 unspecified atom stereocenters. The van der Waals surface area contributed by atoms with E-state index in [0.29, 0.717) is 6.42 Å². The largest absolute Gasteiger partial charge is 0.325 e. The highest BCUT2D eigenvalue weighted by atomic mass is 16.1. The average Bonchev–Trinajstić information content (AvgIpc) is 2.97. The van der Waals surface area contributed by atoms with Crippen LogP contribution in [-0.4, -0.2) is 15.5 Å². The van der Waals surface area contributed by atoms with Crippen LogP contribution in [0.3, 0.4) is 0 Å². The van der Waals surface area contributed by atoms with E-state index in [9.17, 15) is 4.79 Å². The molecule has 1 amide bonds. The Bertz CT molecular complexity index is 937. The minimum absolute atomic E-state index is 0.0679. The minimum Gasteiger partial charge on any atom is -0.325 e. The van der Waals surface area contributed by atoms with Crippen molar-refractivity contribution in [2.75, 3.05) is 5.32 Å². The maximum absolute atomic E-state index is 11.6. The van der Waals surface area contributed by atoms with Crippen molar-refractivity contribution in [3.05, 3.63) is 52.8 Å². The van der Waals surface area contributed by atoms with Crippen molar-refractivity contribution in [1.29, 1.82) is 0 Å². The molecule has 0 spiro atoms. The predicted octanol–water partition coefficient (Wildman–Crippen LogP) is 3.45. The molecule has 1 N–H and O–H groups in total. The molecular weight excluding hydrogens is 274 g/mol. The third-order valence-electron chi connectivity index (χ3n) is 4.25. The van der Waals surface area contributed by atoms with Crippen molar-refractivity contribution in [2.45, 2.75) is 27.2 Å². The maximum Gasteiger partial charge on any atom is 0.228 e. The molecule has 1 aliphatic heterocycles. The molecule has 0 radical (unpaired) electrons. The third kappa shape index (κ3) is 1.84. The first-order valence-corrected chi connectivity index (χ1v) is 7.42. The number of hydrogen-bond acceptors (Lipinski definition) is 2. The van der Waals surface area contributed by atoms with Crippen molar-refractivity contribution < 1.29 is 4.79 Å². The second-order valence-electron chi connectivity index (χ2n) is 6.01. The number of hydrogen-bond donors (Lipinski definition) is 1. The van der Waals surface area contributed by atoms with Gasteiger partial charge in [-0.25, -0.2) is 4.98 Å². The van der Waals surface area contributed by atoms with E-state index in [-0.39, 0.29) is 5.91 Å². The molecule has 4 heteroatoms. The second-order valence-corrected chi connectivity index (χ2v) is 6.01. The molecule has 3 aromatic rings. The Balaban J connectivity index is 1.99. The van der Waals surface area contributed by atoms with Gasteiger partial charge in [0.25, 0.3) is 0 Å². The zero-order valence-corrected chi connectivity index (χ0v) is 12.9. The predicted molar refractivity (Wildman–Crippen MR) is 87.6 cm³/mol. The Morgan fingerprint density at radius 1 is 1.14 bits per heavy atom. The van der Waals surface area contributed by atoms with Gasteiger partial charge in [-0.2, -0.15) is 0 Å². The molecule has 0 bridgehead atoms. The van der Waals surface area contributed by atoms with Gasteiger partial charge in [0.05, 0.1) is 6.42 Å². The van der Waals surface area contributed by atoms with Crippen LogP contribution in [0.1, 0.15) is 22.5 Å². The summed E-state index contributed by atoms with van der Waals surface area (Å²) in [6.07, 6.45) is 0.453. The summed E-state index contributed by atoms with van der Waals surface area (Å²) in [6.45, 7) is 6.12. The summed E-state index contributed by atoms with van der Waals surface area (Å²) in [7, 11) is 0. The van der Waals surface area contributed by atoms with Gasteiger partial charge < -0.3 is 5.32 Å². The Labute approximate surface area is 128 Å². The van der Waals surface area contributed by atoms with Crippen molar-refractivity contribution >= 4 is 22.6 Å². The van der Waals surface area contributed by atoms with Crippen LogP contribution in [0.25, 0.3) is 16.7 Å². The number of fused-ring (bicyclic) bond motifs is 2. The summed E-state index contributed by atoms with van der Waals surface area (Å²) in [6, 6.07) is 10.5. The molecular formula is C18H17N3O. The number of benzene rings is 1. The molecule has 4 nitrogen and oxygen atoms in total. The minimum atomic E-state index is 0.0679. The van der Waals surface area contributed by atoms with Gasteiger partial charge in [-0.15, -0.1) is 0 Å². The normalized spacial score (nSPS) is 13.5. The van der Waals surface area contributed by atoms with Gasteiger partial charge in [0.15, 0.2) is 0 Å². The standard InChI is InChI=1S/C18H17N3O/c1-10-6-15(8-14-9-16(22)20-17(10)14)21-12(3)7-13-5-4-11(2)19-18(13)21/h4-8H,9H2,1-3H3,(H,20,22). The average molecular weight is 291 g/mol. The number of aromatic nitrogens is 2. The fourth-order valence-corrected chi connectivity index (χ4v) is 3.27. The highest BCUT2D eigenvalue weighted by Crippen LogP contribution is 2.32. The number of amides is 1. The molecule has 0 aliphatic carbocycles. The summed E-state index contributed by atoms with van der Waals surface area (Å²) in [4.78, 5) is 16.3. The van der Waals surface area contributed by atoms with E-state index in [4.69, 9.17) is 4.98 Å². The van der Waals surface area contributed by atoms with E-state index in [1.54, 1.807) is 0 Å². The molecule has 2 aromatic heterocycles. The fraction of sp³-hybridized carbons (Fsp3) is 0.222. The van der Waals surface area contributed by atoms with Crippen molar-refractivity contribution in [3.63, 3.8) is 0 Å². The molecule has 110 valence electrons. The van der Waals surface area contributed by atoms with Gasteiger partial charge in [-0.05, 0) is 62.2 Å². The van der Waals surface area contributed by atoms with Gasteiger partial charge in [0, 0.05) is 28.1 Å². The van der Waals surface area contributed by atoms with Crippen LogP contribution >= 0.6 is 0 Å². The van der Waals surface area contributed by atoms with Gasteiger partial charge in [0.1, 0.15) is 5.65 Å². The lowest BCUT2D eigenvalue weighted by molar-refractivity contribution is -0.115. The highest BCUT2D eigenvalue weighted by Gasteiger charge is 2.21. The molecule has 0 saturated carbocycles. The van der Waals surface area contributed by atoms with Gasteiger partial charge in [-0.1, -0.05) is 0 Å². The third-order valence-corrected chi connectivity index (χ3v) is 4.25. The number of carbonyl (C=O) groups excluding carboxylic acids is 1. The van der Waals surface area contributed by atoms with Crippen LogP contribution in [0, 0.1) is 20.8 Å². The van der Waals surface area contributed by atoms with Crippen molar-refractivity contribution in [2.24, 2.45) is 0 Å². The van der Waals surface area contributed by atoms with Crippen molar-refractivity contribution in [3.8, 4) is 5.69 Å². The number of nitrogens with zero attached hydrogens (tertiary/aromatic N) is 2. The van der Waals surface area contributed by atoms with Crippen LogP contribution in [0.15, 0.2) is 30.3 Å². The lowest BCUT2D eigenvalue weighted by Gasteiger charge is -2.12. The summed E-state index contributed by atoms with van der Waals surface area (Å²) in [5.41, 5.74) is 7.30. The number of anilines is 1. The van der Waals surface area contributed by atoms with E-state index >= 15 is 0 Å². The smallest absolute Gasteiger partial charge is 0.228 e. The van der Waals surface area contributed by atoms with Crippen LogP contribution in [0.4, 0.5) is 5.69 Å². The first kappa shape index (κ1) is 13.1. The number of aryl methyl sites for hydroxylation is 3. The van der Waals surface area contributed by atoms with Crippen LogP contribution < -0.4 is 5.32 Å². The molecule has 22 heavy (non-hydrogen) atoms. The number of carbonyl (C=O) groups is 1. The highest BCUT2D eigenvalue weighted by molar-refractivity contribution is 6.00. The molecule has 0 fully saturated rings. The maximum atomic E-state index is 11.6. The first-order chi connectivity index (χ1) is 10.5.